The van der Waals surface area contributed by atoms with Gasteiger partial charge in [-0.3, -0.25) is 0 Å². The molecule has 0 aliphatic carbocycles. The highest BCUT2D eigenvalue weighted by atomic mass is 16.5. The SMILES string of the molecule is CCOCCCNc1nc2ccc(N)cc2[nH]1. The molecule has 0 spiro atoms. The molecule has 1 aromatic heterocycles. The van der Waals surface area contributed by atoms with E-state index in [9.17, 15) is 0 Å². The third-order valence-electron chi connectivity index (χ3n) is 2.47. The lowest BCUT2D eigenvalue weighted by Gasteiger charge is -2.02. The van der Waals surface area contributed by atoms with Gasteiger partial charge in [0.2, 0.25) is 5.95 Å². The van der Waals surface area contributed by atoms with E-state index < -0.39 is 0 Å². The Morgan fingerprint density at radius 1 is 1.47 bits per heavy atom. The molecule has 92 valence electrons. The number of imidazole rings is 1. The number of hydrogen-bond acceptors (Lipinski definition) is 4. The monoisotopic (exact) mass is 234 g/mol. The van der Waals surface area contributed by atoms with Crippen LogP contribution in [0.5, 0.6) is 0 Å². The second-order valence-corrected chi connectivity index (χ2v) is 3.84. The first-order valence-electron chi connectivity index (χ1n) is 5.86. The summed E-state index contributed by atoms with van der Waals surface area (Å²) < 4.78 is 5.26. The largest absolute Gasteiger partial charge is 0.399 e. The van der Waals surface area contributed by atoms with Crippen LogP contribution in [-0.4, -0.2) is 29.7 Å². The molecule has 2 aromatic rings. The topological polar surface area (TPSA) is 76.0 Å². The maximum atomic E-state index is 5.70. The number of hydrogen-bond donors (Lipinski definition) is 3. The molecule has 0 fully saturated rings. The van der Waals surface area contributed by atoms with Gasteiger partial charge in [0.25, 0.3) is 0 Å². The summed E-state index contributed by atoms with van der Waals surface area (Å²) in [6.45, 7) is 4.38. The van der Waals surface area contributed by atoms with E-state index in [0.717, 1.165) is 48.8 Å². The number of aromatic nitrogens is 2. The van der Waals surface area contributed by atoms with Crippen molar-refractivity contribution in [3.63, 3.8) is 0 Å². The summed E-state index contributed by atoms with van der Waals surface area (Å²) in [5.41, 5.74) is 8.32. The number of anilines is 2. The number of nitrogen functional groups attached to an aromatic ring is 1. The van der Waals surface area contributed by atoms with E-state index in [-0.39, 0.29) is 0 Å². The van der Waals surface area contributed by atoms with E-state index in [1.165, 1.54) is 0 Å². The van der Waals surface area contributed by atoms with Gasteiger partial charge < -0.3 is 20.8 Å². The van der Waals surface area contributed by atoms with Gasteiger partial charge in [0, 0.05) is 25.4 Å². The highest BCUT2D eigenvalue weighted by Gasteiger charge is 2.01. The van der Waals surface area contributed by atoms with E-state index in [1.54, 1.807) is 0 Å². The molecule has 0 saturated heterocycles. The summed E-state index contributed by atoms with van der Waals surface area (Å²) in [6.07, 6.45) is 0.965. The first-order chi connectivity index (χ1) is 8.29. The van der Waals surface area contributed by atoms with Crippen LogP contribution in [-0.2, 0) is 4.74 Å². The average Bonchev–Trinajstić information content (AvgIpc) is 2.70. The summed E-state index contributed by atoms with van der Waals surface area (Å²) >= 11 is 0. The minimum absolute atomic E-state index is 0.740. The van der Waals surface area contributed by atoms with Crippen LogP contribution < -0.4 is 11.1 Å². The standard InChI is InChI=1S/C12H18N4O/c1-2-17-7-3-6-14-12-15-10-5-4-9(13)8-11(10)16-12/h4-5,8H,2-3,6-7,13H2,1H3,(H2,14,15,16). The van der Waals surface area contributed by atoms with Crippen molar-refractivity contribution < 1.29 is 4.74 Å². The number of nitrogens with zero attached hydrogens (tertiary/aromatic N) is 1. The van der Waals surface area contributed by atoms with E-state index in [1.807, 2.05) is 25.1 Å². The number of nitrogens with two attached hydrogens (primary N) is 1. The molecule has 0 amide bonds. The van der Waals surface area contributed by atoms with Crippen LogP contribution in [0.15, 0.2) is 18.2 Å². The van der Waals surface area contributed by atoms with Gasteiger partial charge in [-0.05, 0) is 31.5 Å². The van der Waals surface area contributed by atoms with Crippen LogP contribution >= 0.6 is 0 Å². The van der Waals surface area contributed by atoms with Crippen LogP contribution in [0.1, 0.15) is 13.3 Å². The van der Waals surface area contributed by atoms with Gasteiger partial charge in [0.1, 0.15) is 0 Å². The number of ether oxygens (including phenoxy) is 1. The molecule has 0 unspecified atom stereocenters. The minimum Gasteiger partial charge on any atom is -0.399 e. The van der Waals surface area contributed by atoms with Crippen molar-refractivity contribution in [2.75, 3.05) is 30.8 Å². The van der Waals surface area contributed by atoms with Crippen molar-refractivity contribution in [1.82, 2.24) is 9.97 Å². The molecule has 0 aliphatic heterocycles. The zero-order valence-corrected chi connectivity index (χ0v) is 9.99. The lowest BCUT2D eigenvalue weighted by Crippen LogP contribution is -2.06. The normalized spacial score (nSPS) is 10.9. The Kier molecular flexibility index (Phi) is 3.82. The molecular weight excluding hydrogens is 216 g/mol. The third kappa shape index (κ3) is 3.10. The second kappa shape index (κ2) is 5.54. The lowest BCUT2D eigenvalue weighted by molar-refractivity contribution is 0.147. The average molecular weight is 234 g/mol. The highest BCUT2D eigenvalue weighted by molar-refractivity contribution is 5.80. The Morgan fingerprint density at radius 2 is 2.35 bits per heavy atom. The molecule has 0 saturated carbocycles. The van der Waals surface area contributed by atoms with Crippen molar-refractivity contribution in [2.24, 2.45) is 0 Å². The van der Waals surface area contributed by atoms with E-state index in [4.69, 9.17) is 10.5 Å². The fourth-order valence-electron chi connectivity index (χ4n) is 1.64. The summed E-state index contributed by atoms with van der Waals surface area (Å²) in [4.78, 5) is 7.59. The number of nitrogens with one attached hydrogen (secondary N) is 2. The second-order valence-electron chi connectivity index (χ2n) is 3.84. The van der Waals surface area contributed by atoms with Gasteiger partial charge in [-0.15, -0.1) is 0 Å². The Hall–Kier alpha value is -1.75. The van der Waals surface area contributed by atoms with Crippen LogP contribution in [0.25, 0.3) is 11.0 Å². The molecule has 1 aromatic carbocycles. The summed E-state index contributed by atoms with van der Waals surface area (Å²) in [5.74, 6) is 0.780. The van der Waals surface area contributed by atoms with E-state index >= 15 is 0 Å². The Bertz CT molecular complexity index is 480. The van der Waals surface area contributed by atoms with Gasteiger partial charge in [0.15, 0.2) is 0 Å². The predicted molar refractivity (Wildman–Crippen MR) is 70.1 cm³/mol. The Balaban J connectivity index is 1.91. The van der Waals surface area contributed by atoms with Crippen LogP contribution in [0, 0.1) is 0 Å². The van der Waals surface area contributed by atoms with Gasteiger partial charge in [-0.25, -0.2) is 4.98 Å². The quantitative estimate of drug-likeness (QED) is 0.527. The molecule has 5 heteroatoms. The molecule has 4 N–H and O–H groups in total. The van der Waals surface area contributed by atoms with Crippen molar-refractivity contribution in [3.8, 4) is 0 Å². The number of H-pyrrole nitrogens is 1. The van der Waals surface area contributed by atoms with E-state index in [0.29, 0.717) is 0 Å². The molecule has 0 atom stereocenters. The van der Waals surface area contributed by atoms with Crippen molar-refractivity contribution in [1.29, 1.82) is 0 Å². The number of benzene rings is 1. The zero-order chi connectivity index (χ0) is 12.1. The molecule has 1 heterocycles. The number of rotatable bonds is 6. The fraction of sp³-hybridized carbons (Fsp3) is 0.417. The molecule has 0 aliphatic rings. The maximum absolute atomic E-state index is 5.70. The first-order valence-corrected chi connectivity index (χ1v) is 5.86. The zero-order valence-electron chi connectivity index (χ0n) is 9.99. The highest BCUT2D eigenvalue weighted by Crippen LogP contribution is 2.16. The van der Waals surface area contributed by atoms with Gasteiger partial charge in [-0.2, -0.15) is 0 Å². The molecule has 5 nitrogen and oxygen atoms in total. The van der Waals surface area contributed by atoms with Crippen molar-refractivity contribution in [2.45, 2.75) is 13.3 Å². The van der Waals surface area contributed by atoms with Crippen molar-refractivity contribution in [3.05, 3.63) is 18.2 Å². The summed E-state index contributed by atoms with van der Waals surface area (Å²) in [5, 5.41) is 3.22. The fourth-order valence-corrected chi connectivity index (χ4v) is 1.64. The van der Waals surface area contributed by atoms with Gasteiger partial charge in [-0.1, -0.05) is 0 Å². The summed E-state index contributed by atoms with van der Waals surface area (Å²) in [6, 6.07) is 5.64. The number of fused-ring (bicyclic) bond motifs is 1. The maximum Gasteiger partial charge on any atom is 0.201 e. The molecule has 0 bridgehead atoms. The minimum atomic E-state index is 0.740. The van der Waals surface area contributed by atoms with Crippen LogP contribution in [0.3, 0.4) is 0 Å². The van der Waals surface area contributed by atoms with Crippen molar-refractivity contribution >= 4 is 22.7 Å². The Labute approximate surface area is 100 Å². The molecule has 17 heavy (non-hydrogen) atoms. The third-order valence-corrected chi connectivity index (χ3v) is 2.47. The summed E-state index contributed by atoms with van der Waals surface area (Å²) in [7, 11) is 0. The molecule has 2 rings (SSSR count). The van der Waals surface area contributed by atoms with Gasteiger partial charge >= 0.3 is 0 Å². The predicted octanol–water partition coefficient (Wildman–Crippen LogP) is 1.98. The molecular formula is C12H18N4O. The van der Waals surface area contributed by atoms with Gasteiger partial charge in [0.05, 0.1) is 11.0 Å². The number of aromatic amines is 1. The van der Waals surface area contributed by atoms with E-state index in [2.05, 4.69) is 15.3 Å². The van der Waals surface area contributed by atoms with Crippen LogP contribution in [0.2, 0.25) is 0 Å². The van der Waals surface area contributed by atoms with Crippen LogP contribution in [0.4, 0.5) is 11.6 Å². The molecule has 0 radical (unpaired) electrons. The lowest BCUT2D eigenvalue weighted by atomic mass is 10.3. The Morgan fingerprint density at radius 3 is 3.18 bits per heavy atom. The first kappa shape index (κ1) is 11.7. The smallest absolute Gasteiger partial charge is 0.201 e.